The van der Waals surface area contributed by atoms with Crippen LogP contribution >= 0.6 is 12.6 Å². The maximum absolute atomic E-state index is 4.19. The van der Waals surface area contributed by atoms with E-state index in [1.807, 2.05) is 0 Å². The molecular weight excluding hydrogens is 180 g/mol. The van der Waals surface area contributed by atoms with Gasteiger partial charge >= 0.3 is 0 Å². The van der Waals surface area contributed by atoms with Crippen molar-refractivity contribution in [3.8, 4) is 0 Å². The maximum Gasteiger partial charge on any atom is -0.00187 e. The standard InChI is InChI=1S/C10H22N2S/c1-12-6-3-10(4-7-12)9-11-5-2-8-13/h10-11,13H,2-9H2,1H3. The van der Waals surface area contributed by atoms with E-state index in [9.17, 15) is 0 Å². The fourth-order valence-electron chi connectivity index (χ4n) is 1.78. The molecule has 0 unspecified atom stereocenters. The molecule has 0 amide bonds. The molecule has 1 aliphatic rings. The van der Waals surface area contributed by atoms with Gasteiger partial charge in [-0.2, -0.15) is 12.6 Å². The Morgan fingerprint density at radius 2 is 2.08 bits per heavy atom. The predicted octanol–water partition coefficient (Wildman–Crippen LogP) is 1.24. The van der Waals surface area contributed by atoms with E-state index >= 15 is 0 Å². The van der Waals surface area contributed by atoms with Crippen LogP contribution in [-0.2, 0) is 0 Å². The van der Waals surface area contributed by atoms with Crippen LogP contribution in [0.25, 0.3) is 0 Å². The Labute approximate surface area is 87.5 Å². The molecule has 0 bridgehead atoms. The molecule has 2 nitrogen and oxygen atoms in total. The molecule has 3 heteroatoms. The van der Waals surface area contributed by atoms with Gasteiger partial charge in [0, 0.05) is 0 Å². The minimum absolute atomic E-state index is 0.913. The quantitative estimate of drug-likeness (QED) is 0.515. The van der Waals surface area contributed by atoms with Crippen LogP contribution in [0, 0.1) is 5.92 Å². The summed E-state index contributed by atoms with van der Waals surface area (Å²) >= 11 is 4.19. The fraction of sp³-hybridized carbons (Fsp3) is 1.00. The molecule has 1 aliphatic heterocycles. The molecule has 1 fully saturated rings. The Bertz CT molecular complexity index is 122. The first-order chi connectivity index (χ1) is 6.33. The number of piperidine rings is 1. The minimum Gasteiger partial charge on any atom is -0.316 e. The summed E-state index contributed by atoms with van der Waals surface area (Å²) in [5, 5.41) is 3.50. The van der Waals surface area contributed by atoms with Gasteiger partial charge < -0.3 is 10.2 Å². The van der Waals surface area contributed by atoms with Crippen LogP contribution in [0.2, 0.25) is 0 Å². The third kappa shape index (κ3) is 4.89. The highest BCUT2D eigenvalue weighted by Crippen LogP contribution is 2.14. The summed E-state index contributed by atoms with van der Waals surface area (Å²) in [6, 6.07) is 0. The normalized spacial score (nSPS) is 20.8. The van der Waals surface area contributed by atoms with Crippen LogP contribution in [0.15, 0.2) is 0 Å². The van der Waals surface area contributed by atoms with E-state index in [1.165, 1.54) is 38.9 Å². The summed E-state index contributed by atoms with van der Waals surface area (Å²) in [6.45, 7) is 4.90. The van der Waals surface area contributed by atoms with Crippen molar-refractivity contribution in [1.29, 1.82) is 0 Å². The van der Waals surface area contributed by atoms with Gasteiger partial charge in [0.15, 0.2) is 0 Å². The average Bonchev–Trinajstić information content (AvgIpc) is 2.15. The first-order valence-electron chi connectivity index (χ1n) is 5.33. The lowest BCUT2D eigenvalue weighted by Crippen LogP contribution is -2.35. The highest BCUT2D eigenvalue weighted by molar-refractivity contribution is 7.80. The molecule has 1 rings (SSSR count). The van der Waals surface area contributed by atoms with Crippen LogP contribution in [0.1, 0.15) is 19.3 Å². The van der Waals surface area contributed by atoms with Crippen molar-refractivity contribution in [1.82, 2.24) is 10.2 Å². The third-order valence-electron chi connectivity index (χ3n) is 2.78. The summed E-state index contributed by atoms with van der Waals surface area (Å²) in [4.78, 5) is 2.42. The molecule has 0 atom stereocenters. The lowest BCUT2D eigenvalue weighted by Gasteiger charge is -2.29. The third-order valence-corrected chi connectivity index (χ3v) is 3.10. The molecule has 0 aromatic carbocycles. The lowest BCUT2D eigenvalue weighted by molar-refractivity contribution is 0.216. The van der Waals surface area contributed by atoms with Crippen molar-refractivity contribution in [3.63, 3.8) is 0 Å². The second kappa shape index (κ2) is 6.68. The number of nitrogens with one attached hydrogen (secondary N) is 1. The minimum atomic E-state index is 0.913. The first kappa shape index (κ1) is 11.3. The van der Waals surface area contributed by atoms with Crippen LogP contribution in [0.4, 0.5) is 0 Å². The van der Waals surface area contributed by atoms with Gasteiger partial charge in [0.25, 0.3) is 0 Å². The molecule has 0 aromatic heterocycles. The van der Waals surface area contributed by atoms with Crippen LogP contribution in [0.3, 0.4) is 0 Å². The molecular formula is C10H22N2S. The smallest absolute Gasteiger partial charge is 0.00187 e. The van der Waals surface area contributed by atoms with Crippen molar-refractivity contribution in [2.24, 2.45) is 5.92 Å². The van der Waals surface area contributed by atoms with Crippen LogP contribution in [0.5, 0.6) is 0 Å². The van der Waals surface area contributed by atoms with Crippen LogP contribution in [-0.4, -0.2) is 43.9 Å². The van der Waals surface area contributed by atoms with Gasteiger partial charge in [0.05, 0.1) is 0 Å². The number of rotatable bonds is 5. The zero-order valence-electron chi connectivity index (χ0n) is 8.63. The zero-order chi connectivity index (χ0) is 9.52. The largest absolute Gasteiger partial charge is 0.316 e. The Morgan fingerprint density at radius 1 is 1.38 bits per heavy atom. The van der Waals surface area contributed by atoms with Crippen molar-refractivity contribution in [3.05, 3.63) is 0 Å². The van der Waals surface area contributed by atoms with Crippen LogP contribution < -0.4 is 5.32 Å². The van der Waals surface area contributed by atoms with Gasteiger partial charge in [0.2, 0.25) is 0 Å². The van der Waals surface area contributed by atoms with Gasteiger partial charge in [-0.1, -0.05) is 0 Å². The lowest BCUT2D eigenvalue weighted by atomic mass is 9.97. The number of likely N-dealkylation sites (tertiary alicyclic amines) is 1. The number of hydrogen-bond acceptors (Lipinski definition) is 3. The second-order valence-corrected chi connectivity index (χ2v) is 4.48. The van der Waals surface area contributed by atoms with Gasteiger partial charge in [-0.25, -0.2) is 0 Å². The fourth-order valence-corrected chi connectivity index (χ4v) is 1.93. The van der Waals surface area contributed by atoms with E-state index in [0.29, 0.717) is 0 Å². The molecule has 0 aliphatic carbocycles. The van der Waals surface area contributed by atoms with E-state index in [-0.39, 0.29) is 0 Å². The molecule has 1 N–H and O–H groups in total. The highest BCUT2D eigenvalue weighted by Gasteiger charge is 2.15. The summed E-state index contributed by atoms with van der Waals surface area (Å²) in [7, 11) is 2.21. The Kier molecular flexibility index (Phi) is 5.83. The van der Waals surface area contributed by atoms with E-state index in [4.69, 9.17) is 0 Å². The van der Waals surface area contributed by atoms with Crippen molar-refractivity contribution >= 4 is 12.6 Å². The SMILES string of the molecule is CN1CCC(CNCCCS)CC1. The van der Waals surface area contributed by atoms with E-state index in [0.717, 1.165) is 18.2 Å². The summed E-state index contributed by atoms with van der Waals surface area (Å²) in [5.41, 5.74) is 0. The van der Waals surface area contributed by atoms with Crippen molar-refractivity contribution in [2.75, 3.05) is 39.0 Å². The molecule has 1 saturated heterocycles. The summed E-state index contributed by atoms with van der Waals surface area (Å²) < 4.78 is 0. The summed E-state index contributed by atoms with van der Waals surface area (Å²) in [6.07, 6.45) is 3.92. The van der Waals surface area contributed by atoms with Gasteiger partial charge in [-0.15, -0.1) is 0 Å². The van der Waals surface area contributed by atoms with Crippen molar-refractivity contribution in [2.45, 2.75) is 19.3 Å². The van der Waals surface area contributed by atoms with Gasteiger partial charge in [-0.05, 0) is 64.2 Å². The number of nitrogens with zero attached hydrogens (tertiary/aromatic N) is 1. The average molecular weight is 202 g/mol. The molecule has 0 aromatic rings. The van der Waals surface area contributed by atoms with E-state index < -0.39 is 0 Å². The Hall–Kier alpha value is 0.270. The Balaban J connectivity index is 1.96. The topological polar surface area (TPSA) is 15.3 Å². The van der Waals surface area contributed by atoms with Gasteiger partial charge in [-0.3, -0.25) is 0 Å². The highest BCUT2D eigenvalue weighted by atomic mass is 32.1. The van der Waals surface area contributed by atoms with E-state index in [2.05, 4.69) is 29.9 Å². The predicted molar refractivity (Wildman–Crippen MR) is 61.6 cm³/mol. The number of hydrogen-bond donors (Lipinski definition) is 2. The summed E-state index contributed by atoms with van der Waals surface area (Å²) in [5.74, 6) is 1.91. The number of thiol groups is 1. The maximum atomic E-state index is 4.19. The molecule has 0 radical (unpaired) electrons. The Morgan fingerprint density at radius 3 is 2.69 bits per heavy atom. The second-order valence-electron chi connectivity index (χ2n) is 4.03. The van der Waals surface area contributed by atoms with E-state index in [1.54, 1.807) is 0 Å². The molecule has 0 saturated carbocycles. The van der Waals surface area contributed by atoms with Crippen molar-refractivity contribution < 1.29 is 0 Å². The molecule has 13 heavy (non-hydrogen) atoms. The zero-order valence-corrected chi connectivity index (χ0v) is 9.52. The first-order valence-corrected chi connectivity index (χ1v) is 5.96. The molecule has 78 valence electrons. The molecule has 1 heterocycles. The van der Waals surface area contributed by atoms with Gasteiger partial charge in [0.1, 0.15) is 0 Å². The molecule has 0 spiro atoms. The monoisotopic (exact) mass is 202 g/mol.